The van der Waals surface area contributed by atoms with Gasteiger partial charge in [0.2, 0.25) is 0 Å². The lowest BCUT2D eigenvalue weighted by molar-refractivity contribution is 0.559. The molecule has 5 heteroatoms. The van der Waals surface area contributed by atoms with Crippen LogP contribution >= 0.6 is 11.8 Å². The van der Waals surface area contributed by atoms with Crippen molar-refractivity contribution in [2.75, 3.05) is 0 Å². The van der Waals surface area contributed by atoms with Crippen LogP contribution in [0.4, 0.5) is 0 Å². The molecule has 3 rings (SSSR count). The largest absolute Gasteiger partial charge is 0.422 e. The molecule has 1 aliphatic heterocycles. The number of fused-ring (bicyclic) bond motifs is 1. The molecule has 0 spiro atoms. The number of para-hydroxylation sites is 1. The summed E-state index contributed by atoms with van der Waals surface area (Å²) < 4.78 is 5.30. The Labute approximate surface area is 114 Å². The molecule has 1 N–H and O–H groups in total. The van der Waals surface area contributed by atoms with E-state index in [1.165, 1.54) is 0 Å². The average molecular weight is 272 g/mol. The lowest BCUT2D eigenvalue weighted by atomic mass is 10.1. The van der Waals surface area contributed by atoms with Gasteiger partial charge in [0, 0.05) is 17.3 Å². The molecule has 1 aromatic carbocycles. The van der Waals surface area contributed by atoms with E-state index in [1.54, 1.807) is 17.8 Å². The summed E-state index contributed by atoms with van der Waals surface area (Å²) >= 11 is 1.56. The molecule has 19 heavy (non-hydrogen) atoms. The van der Waals surface area contributed by atoms with Crippen molar-refractivity contribution in [3.63, 3.8) is 0 Å². The minimum Gasteiger partial charge on any atom is -0.422 e. The third-order valence-electron chi connectivity index (χ3n) is 2.86. The maximum atomic E-state index is 12.0. The molecule has 4 nitrogen and oxygen atoms in total. The Morgan fingerprint density at radius 1 is 1.42 bits per heavy atom. The molecule has 2 aromatic rings. The molecule has 0 saturated carbocycles. The molecule has 0 fully saturated rings. The number of nitrogens with one attached hydrogen (secondary N) is 1. The van der Waals surface area contributed by atoms with Crippen LogP contribution in [0, 0.1) is 0 Å². The summed E-state index contributed by atoms with van der Waals surface area (Å²) in [5.74, 6) is 0. The van der Waals surface area contributed by atoms with E-state index in [1.807, 2.05) is 42.8 Å². The van der Waals surface area contributed by atoms with Crippen molar-refractivity contribution in [2.45, 2.75) is 12.4 Å². The van der Waals surface area contributed by atoms with Gasteiger partial charge in [0.25, 0.3) is 0 Å². The van der Waals surface area contributed by atoms with Gasteiger partial charge in [-0.25, -0.2) is 4.79 Å². The lowest BCUT2D eigenvalue weighted by Crippen LogP contribution is -2.18. The van der Waals surface area contributed by atoms with Crippen LogP contribution in [0.15, 0.2) is 56.1 Å². The van der Waals surface area contributed by atoms with Crippen LogP contribution in [-0.4, -0.2) is 11.2 Å². The smallest absolute Gasteiger partial charge is 0.345 e. The second-order valence-electron chi connectivity index (χ2n) is 4.16. The van der Waals surface area contributed by atoms with E-state index in [0.29, 0.717) is 16.9 Å². The second kappa shape index (κ2) is 4.93. The summed E-state index contributed by atoms with van der Waals surface area (Å²) in [6.45, 7) is 1.82. The Morgan fingerprint density at radius 3 is 3.05 bits per heavy atom. The number of nitrogens with zero attached hydrogens (tertiary/aromatic N) is 1. The van der Waals surface area contributed by atoms with Crippen LogP contribution < -0.4 is 10.9 Å². The molecule has 0 aliphatic carbocycles. The van der Waals surface area contributed by atoms with Crippen molar-refractivity contribution in [3.8, 4) is 0 Å². The van der Waals surface area contributed by atoms with E-state index in [0.717, 1.165) is 5.39 Å². The molecule has 1 aromatic heterocycles. The zero-order chi connectivity index (χ0) is 13.2. The van der Waals surface area contributed by atoms with Gasteiger partial charge in [0.15, 0.2) is 5.50 Å². The van der Waals surface area contributed by atoms with E-state index in [-0.39, 0.29) is 11.1 Å². The SMILES string of the molecule is CC(=NC1NC=CS1)c1cc2ccccc2oc1=O. The molecule has 0 radical (unpaired) electrons. The fraction of sp³-hybridized carbons (Fsp3) is 0.143. The third kappa shape index (κ3) is 2.42. The van der Waals surface area contributed by atoms with Crippen molar-refractivity contribution in [1.29, 1.82) is 0 Å². The molecule has 0 saturated heterocycles. The quantitative estimate of drug-likeness (QED) is 0.674. The van der Waals surface area contributed by atoms with Crippen molar-refractivity contribution in [2.24, 2.45) is 4.99 Å². The Hall–Kier alpha value is -2.01. The standard InChI is InChI=1S/C14H12N2O2S/c1-9(16-14-15-6-7-19-14)11-8-10-4-2-3-5-12(10)18-13(11)17/h2-8,14-15H,1H3. The Morgan fingerprint density at radius 2 is 2.26 bits per heavy atom. The summed E-state index contributed by atoms with van der Waals surface area (Å²) in [5.41, 5.74) is 1.36. The summed E-state index contributed by atoms with van der Waals surface area (Å²) in [4.78, 5) is 16.4. The van der Waals surface area contributed by atoms with E-state index in [4.69, 9.17) is 4.42 Å². The highest BCUT2D eigenvalue weighted by Crippen LogP contribution is 2.18. The van der Waals surface area contributed by atoms with Crippen LogP contribution in [0.5, 0.6) is 0 Å². The van der Waals surface area contributed by atoms with Crippen LogP contribution in [-0.2, 0) is 0 Å². The van der Waals surface area contributed by atoms with Crippen molar-refractivity contribution >= 4 is 28.4 Å². The van der Waals surface area contributed by atoms with E-state index >= 15 is 0 Å². The number of aliphatic imine (C=N–C) groups is 1. The predicted octanol–water partition coefficient (Wildman–Crippen LogP) is 2.69. The number of hydrogen-bond donors (Lipinski definition) is 1. The van der Waals surface area contributed by atoms with Gasteiger partial charge in [-0.3, -0.25) is 4.99 Å². The first-order valence-electron chi connectivity index (χ1n) is 5.88. The topological polar surface area (TPSA) is 54.6 Å². The molecule has 1 aliphatic rings. The minimum absolute atomic E-state index is 0.0640. The zero-order valence-corrected chi connectivity index (χ0v) is 11.1. The Bertz CT molecular complexity index is 726. The highest BCUT2D eigenvalue weighted by atomic mass is 32.2. The number of benzene rings is 1. The monoisotopic (exact) mass is 272 g/mol. The molecular formula is C14H12N2O2S. The van der Waals surface area contributed by atoms with Gasteiger partial charge in [-0.15, -0.1) is 0 Å². The van der Waals surface area contributed by atoms with Crippen LogP contribution in [0.3, 0.4) is 0 Å². The number of hydrogen-bond acceptors (Lipinski definition) is 5. The summed E-state index contributed by atoms with van der Waals surface area (Å²) in [6, 6.07) is 9.28. The fourth-order valence-electron chi connectivity index (χ4n) is 1.90. The molecule has 2 heterocycles. The van der Waals surface area contributed by atoms with Gasteiger partial charge in [-0.1, -0.05) is 30.0 Å². The Kier molecular flexibility index (Phi) is 3.13. The molecule has 1 atom stereocenters. The van der Waals surface area contributed by atoms with E-state index in [9.17, 15) is 4.79 Å². The maximum Gasteiger partial charge on any atom is 0.345 e. The van der Waals surface area contributed by atoms with Gasteiger partial charge in [0.1, 0.15) is 5.58 Å². The van der Waals surface area contributed by atoms with Crippen LogP contribution in [0.2, 0.25) is 0 Å². The van der Waals surface area contributed by atoms with Crippen molar-refractivity contribution in [3.05, 3.63) is 57.9 Å². The molecule has 0 bridgehead atoms. The summed E-state index contributed by atoms with van der Waals surface area (Å²) in [7, 11) is 0. The molecular weight excluding hydrogens is 260 g/mol. The maximum absolute atomic E-state index is 12.0. The molecule has 96 valence electrons. The lowest BCUT2D eigenvalue weighted by Gasteiger charge is -2.07. The summed E-state index contributed by atoms with van der Waals surface area (Å²) in [5, 5.41) is 5.91. The van der Waals surface area contributed by atoms with Gasteiger partial charge in [-0.2, -0.15) is 0 Å². The predicted molar refractivity (Wildman–Crippen MR) is 78.3 cm³/mol. The minimum atomic E-state index is -0.351. The first kappa shape index (κ1) is 12.0. The van der Waals surface area contributed by atoms with Crippen LogP contribution in [0.1, 0.15) is 12.5 Å². The van der Waals surface area contributed by atoms with Crippen molar-refractivity contribution in [1.82, 2.24) is 5.32 Å². The van der Waals surface area contributed by atoms with Gasteiger partial charge in [0.05, 0.1) is 5.56 Å². The van der Waals surface area contributed by atoms with Gasteiger partial charge in [-0.05, 0) is 24.5 Å². The fourth-order valence-corrected chi connectivity index (χ4v) is 2.58. The Balaban J connectivity index is 2.04. The van der Waals surface area contributed by atoms with Crippen LogP contribution in [0.25, 0.3) is 11.0 Å². The highest BCUT2D eigenvalue weighted by molar-refractivity contribution is 8.02. The van der Waals surface area contributed by atoms with Gasteiger partial charge >= 0.3 is 5.63 Å². The normalized spacial score (nSPS) is 18.8. The summed E-state index contributed by atoms with van der Waals surface area (Å²) in [6.07, 6.45) is 1.84. The average Bonchev–Trinajstić information content (AvgIpc) is 2.90. The van der Waals surface area contributed by atoms with Gasteiger partial charge < -0.3 is 9.73 Å². The third-order valence-corrected chi connectivity index (χ3v) is 3.65. The zero-order valence-electron chi connectivity index (χ0n) is 10.3. The number of thioether (sulfide) groups is 1. The first-order chi connectivity index (χ1) is 9.24. The first-order valence-corrected chi connectivity index (χ1v) is 6.82. The molecule has 1 unspecified atom stereocenters. The van der Waals surface area contributed by atoms with E-state index in [2.05, 4.69) is 10.3 Å². The number of rotatable bonds is 2. The van der Waals surface area contributed by atoms with Crippen molar-refractivity contribution < 1.29 is 4.42 Å². The van der Waals surface area contributed by atoms with E-state index < -0.39 is 0 Å². The highest BCUT2D eigenvalue weighted by Gasteiger charge is 2.12. The second-order valence-corrected chi connectivity index (χ2v) is 5.15. The molecule has 0 amide bonds.